The fourth-order valence-electron chi connectivity index (χ4n) is 5.13. The summed E-state index contributed by atoms with van der Waals surface area (Å²) >= 11 is 0. The van der Waals surface area contributed by atoms with Crippen molar-refractivity contribution in [3.8, 4) is 5.75 Å². The van der Waals surface area contributed by atoms with Gasteiger partial charge in [-0.2, -0.15) is 0 Å². The number of fused-ring (bicyclic) bond motifs is 1. The average molecular weight is 481 g/mol. The lowest BCUT2D eigenvalue weighted by atomic mass is 9.91. The van der Waals surface area contributed by atoms with Crippen LogP contribution in [-0.2, 0) is 16.0 Å². The summed E-state index contributed by atoms with van der Waals surface area (Å²) in [5, 5.41) is 10.5. The lowest BCUT2D eigenvalue weighted by Crippen LogP contribution is -2.39. The Morgan fingerprint density at radius 3 is 2.51 bits per heavy atom. The van der Waals surface area contributed by atoms with E-state index in [9.17, 15) is 14.7 Å². The summed E-state index contributed by atoms with van der Waals surface area (Å²) in [6.45, 7) is 5.97. The first kappa shape index (κ1) is 24.8. The van der Waals surface area contributed by atoms with Crippen LogP contribution in [0.3, 0.4) is 0 Å². The first-order valence-electron chi connectivity index (χ1n) is 11.8. The van der Waals surface area contributed by atoms with Crippen LogP contribution in [0.1, 0.15) is 52.9 Å². The summed E-state index contributed by atoms with van der Waals surface area (Å²) in [5.41, 5.74) is 4.08. The first-order valence-corrected chi connectivity index (χ1v) is 11.8. The minimum atomic E-state index is -1.01. The SMILES string of the molecule is CCOC1CCN(Cc2c(OC)cc(C)c3c2ccn3C(=O)O)C(c2ccc(C(=O)OC)cc2)C1. The number of benzene rings is 2. The predicted octanol–water partition coefficient (Wildman–Crippen LogP) is 5.01. The van der Waals surface area contributed by atoms with Crippen molar-refractivity contribution in [2.45, 2.75) is 45.4 Å². The molecule has 1 aliphatic heterocycles. The number of rotatable bonds is 7. The van der Waals surface area contributed by atoms with Crippen LogP contribution in [0.15, 0.2) is 42.6 Å². The second-order valence-electron chi connectivity index (χ2n) is 8.81. The molecule has 3 aromatic rings. The van der Waals surface area contributed by atoms with E-state index in [0.717, 1.165) is 47.2 Å². The van der Waals surface area contributed by atoms with Gasteiger partial charge in [0, 0.05) is 42.9 Å². The van der Waals surface area contributed by atoms with Gasteiger partial charge in [-0.1, -0.05) is 12.1 Å². The summed E-state index contributed by atoms with van der Waals surface area (Å²) in [6.07, 6.45) is 2.44. The number of carbonyl (C=O) groups is 2. The van der Waals surface area contributed by atoms with Gasteiger partial charge >= 0.3 is 12.1 Å². The maximum absolute atomic E-state index is 11.9. The number of ether oxygens (including phenoxy) is 3. The van der Waals surface area contributed by atoms with Gasteiger partial charge in [0.15, 0.2) is 0 Å². The van der Waals surface area contributed by atoms with Gasteiger partial charge in [-0.15, -0.1) is 0 Å². The third-order valence-corrected chi connectivity index (χ3v) is 6.80. The number of nitrogens with zero attached hydrogens (tertiary/aromatic N) is 2. The monoisotopic (exact) mass is 480 g/mol. The second-order valence-corrected chi connectivity index (χ2v) is 8.81. The van der Waals surface area contributed by atoms with Crippen LogP contribution in [0, 0.1) is 6.92 Å². The van der Waals surface area contributed by atoms with Crippen molar-refractivity contribution >= 4 is 23.0 Å². The van der Waals surface area contributed by atoms with Gasteiger partial charge in [0.1, 0.15) is 5.75 Å². The molecule has 35 heavy (non-hydrogen) atoms. The predicted molar refractivity (Wildman–Crippen MR) is 132 cm³/mol. The van der Waals surface area contributed by atoms with Crippen molar-refractivity contribution in [3.63, 3.8) is 0 Å². The standard InChI is InChI=1S/C27H32N2O6/c1-5-35-20-10-12-28(23(15-20)18-6-8-19(9-7-18)26(30)34-4)16-22-21-11-13-29(27(31)32)25(21)17(2)14-24(22)33-3/h6-9,11,13-14,20,23H,5,10,12,15-16H2,1-4H3,(H,31,32). The zero-order valence-corrected chi connectivity index (χ0v) is 20.6. The molecule has 2 atom stereocenters. The number of piperidine rings is 1. The molecule has 1 fully saturated rings. The molecule has 1 aromatic heterocycles. The normalized spacial score (nSPS) is 18.5. The molecule has 4 rings (SSSR count). The molecule has 0 saturated carbocycles. The van der Waals surface area contributed by atoms with Crippen LogP contribution in [0.25, 0.3) is 10.9 Å². The number of hydrogen-bond acceptors (Lipinski definition) is 6. The first-order chi connectivity index (χ1) is 16.9. The van der Waals surface area contributed by atoms with Crippen molar-refractivity contribution < 1.29 is 28.9 Å². The third-order valence-electron chi connectivity index (χ3n) is 6.80. The van der Waals surface area contributed by atoms with Gasteiger partial charge in [0.25, 0.3) is 0 Å². The Morgan fingerprint density at radius 2 is 1.89 bits per heavy atom. The lowest BCUT2D eigenvalue weighted by molar-refractivity contribution is -0.0138. The van der Waals surface area contributed by atoms with Gasteiger partial charge in [-0.3, -0.25) is 9.47 Å². The molecule has 1 saturated heterocycles. The maximum atomic E-state index is 11.9. The van der Waals surface area contributed by atoms with E-state index in [4.69, 9.17) is 14.2 Å². The number of carboxylic acid groups (broad SMARTS) is 1. The second kappa shape index (κ2) is 10.5. The summed E-state index contributed by atoms with van der Waals surface area (Å²) < 4.78 is 17.8. The molecule has 8 nitrogen and oxygen atoms in total. The minimum absolute atomic E-state index is 0.0645. The summed E-state index contributed by atoms with van der Waals surface area (Å²) in [7, 11) is 3.02. The molecule has 2 heterocycles. The van der Waals surface area contributed by atoms with Crippen molar-refractivity contribution in [3.05, 3.63) is 64.8 Å². The molecule has 0 aliphatic carbocycles. The fourth-order valence-corrected chi connectivity index (χ4v) is 5.13. The highest BCUT2D eigenvalue weighted by Crippen LogP contribution is 2.38. The van der Waals surface area contributed by atoms with Crippen LogP contribution in [0.5, 0.6) is 5.75 Å². The summed E-state index contributed by atoms with van der Waals surface area (Å²) in [5.74, 6) is 0.379. The zero-order chi connectivity index (χ0) is 25.1. The maximum Gasteiger partial charge on any atom is 0.416 e. The van der Waals surface area contributed by atoms with Crippen LogP contribution < -0.4 is 4.74 Å². The minimum Gasteiger partial charge on any atom is -0.496 e. The van der Waals surface area contributed by atoms with E-state index in [1.807, 2.05) is 38.1 Å². The largest absolute Gasteiger partial charge is 0.496 e. The van der Waals surface area contributed by atoms with Crippen molar-refractivity contribution in [2.75, 3.05) is 27.4 Å². The molecule has 186 valence electrons. The Balaban J connectivity index is 1.73. The Kier molecular flexibility index (Phi) is 7.42. The highest BCUT2D eigenvalue weighted by Gasteiger charge is 2.31. The Labute approximate surface area is 205 Å². The topological polar surface area (TPSA) is 90.2 Å². The highest BCUT2D eigenvalue weighted by molar-refractivity contribution is 5.94. The van der Waals surface area contributed by atoms with Crippen LogP contribution >= 0.6 is 0 Å². The van der Waals surface area contributed by atoms with Crippen LogP contribution in [0.2, 0.25) is 0 Å². The summed E-state index contributed by atoms with van der Waals surface area (Å²) in [4.78, 5) is 26.1. The Hall–Kier alpha value is -3.36. The van der Waals surface area contributed by atoms with E-state index in [-0.39, 0.29) is 18.1 Å². The highest BCUT2D eigenvalue weighted by atomic mass is 16.5. The molecule has 0 amide bonds. The third kappa shape index (κ3) is 4.90. The van der Waals surface area contributed by atoms with Gasteiger partial charge in [0.05, 0.1) is 31.4 Å². The molecule has 2 aromatic carbocycles. The molecule has 0 spiro atoms. The molecule has 1 N–H and O–H groups in total. The lowest BCUT2D eigenvalue weighted by Gasteiger charge is -2.40. The molecular weight excluding hydrogens is 448 g/mol. The van der Waals surface area contributed by atoms with E-state index in [0.29, 0.717) is 24.2 Å². The number of aromatic nitrogens is 1. The van der Waals surface area contributed by atoms with E-state index in [1.54, 1.807) is 25.4 Å². The van der Waals surface area contributed by atoms with E-state index in [1.165, 1.54) is 11.7 Å². The number of aryl methyl sites for hydroxylation is 1. The quantitative estimate of drug-likeness (QED) is 0.475. The molecule has 2 unspecified atom stereocenters. The number of carbonyl (C=O) groups excluding carboxylic acids is 1. The van der Waals surface area contributed by atoms with Crippen molar-refractivity contribution in [1.82, 2.24) is 9.47 Å². The van der Waals surface area contributed by atoms with Gasteiger partial charge in [0.2, 0.25) is 0 Å². The van der Waals surface area contributed by atoms with E-state index >= 15 is 0 Å². The van der Waals surface area contributed by atoms with Gasteiger partial charge in [-0.05, 0) is 62.1 Å². The van der Waals surface area contributed by atoms with Gasteiger partial charge < -0.3 is 19.3 Å². The van der Waals surface area contributed by atoms with Crippen LogP contribution in [-0.4, -0.2) is 60.1 Å². The Bertz CT molecular complexity index is 1220. The van der Waals surface area contributed by atoms with Crippen LogP contribution in [0.4, 0.5) is 4.79 Å². The molecule has 1 aliphatic rings. The van der Waals surface area contributed by atoms with Crippen molar-refractivity contribution in [1.29, 1.82) is 0 Å². The summed E-state index contributed by atoms with van der Waals surface area (Å²) in [6, 6.07) is 11.4. The number of esters is 1. The van der Waals surface area contributed by atoms with E-state index < -0.39 is 6.09 Å². The number of likely N-dealkylation sites (tertiary alicyclic amines) is 1. The Morgan fingerprint density at radius 1 is 1.14 bits per heavy atom. The van der Waals surface area contributed by atoms with Crippen molar-refractivity contribution in [2.24, 2.45) is 0 Å². The smallest absolute Gasteiger partial charge is 0.416 e. The average Bonchev–Trinajstić information content (AvgIpc) is 3.32. The molecule has 8 heteroatoms. The molecule has 0 radical (unpaired) electrons. The number of hydrogen-bond donors (Lipinski definition) is 1. The van der Waals surface area contributed by atoms with E-state index in [2.05, 4.69) is 4.90 Å². The fraction of sp³-hybridized carbons (Fsp3) is 0.407. The number of methoxy groups -OCH3 is 2. The zero-order valence-electron chi connectivity index (χ0n) is 20.6. The van der Waals surface area contributed by atoms with Gasteiger partial charge in [-0.25, -0.2) is 9.59 Å². The molecular formula is C27H32N2O6. The molecule has 0 bridgehead atoms.